The minimum atomic E-state index is -1.20. The van der Waals surface area contributed by atoms with Crippen LogP contribution in [0.15, 0.2) is 0 Å². The van der Waals surface area contributed by atoms with E-state index in [0.29, 0.717) is 36.5 Å². The van der Waals surface area contributed by atoms with E-state index in [0.717, 1.165) is 12.8 Å². The lowest BCUT2D eigenvalue weighted by molar-refractivity contribution is -0.584. The first-order valence-electron chi connectivity index (χ1n) is 10.1. The van der Waals surface area contributed by atoms with Crippen molar-refractivity contribution in [2.24, 2.45) is 46.3 Å². The van der Waals surface area contributed by atoms with Crippen LogP contribution in [0.3, 0.4) is 0 Å². The van der Waals surface area contributed by atoms with Crippen molar-refractivity contribution in [1.29, 1.82) is 0 Å². The van der Waals surface area contributed by atoms with E-state index >= 15 is 0 Å². The molecule has 4 saturated carbocycles. The van der Waals surface area contributed by atoms with Gasteiger partial charge in [0.1, 0.15) is 0 Å². The van der Waals surface area contributed by atoms with Crippen LogP contribution < -0.4 is 0 Å². The minimum Gasteiger partial charge on any atom is -0.249 e. The number of hydrogen-bond donors (Lipinski definition) is 2. The Labute approximate surface area is 155 Å². The van der Waals surface area contributed by atoms with Crippen molar-refractivity contribution in [3.05, 3.63) is 0 Å². The molecule has 0 aromatic rings. The van der Waals surface area contributed by atoms with Crippen molar-refractivity contribution < 1.29 is 30.1 Å². The van der Waals surface area contributed by atoms with Gasteiger partial charge in [0.05, 0.1) is 0 Å². The van der Waals surface area contributed by atoms with Crippen molar-refractivity contribution >= 4 is 0 Å². The molecule has 6 heteroatoms. The van der Waals surface area contributed by atoms with Gasteiger partial charge in [0.2, 0.25) is 11.6 Å². The molecule has 0 aromatic carbocycles. The summed E-state index contributed by atoms with van der Waals surface area (Å²) in [6.45, 7) is 12.9. The van der Waals surface area contributed by atoms with Crippen LogP contribution in [-0.4, -0.2) is 22.1 Å². The molecule has 150 valence electrons. The molecule has 0 heterocycles. The van der Waals surface area contributed by atoms with Crippen LogP contribution in [0.1, 0.15) is 67.2 Å². The van der Waals surface area contributed by atoms with E-state index in [1.807, 2.05) is 13.8 Å². The van der Waals surface area contributed by atoms with Crippen molar-refractivity contribution in [2.45, 2.75) is 78.8 Å². The van der Waals surface area contributed by atoms with Crippen LogP contribution >= 0.6 is 0 Å². The van der Waals surface area contributed by atoms with E-state index in [1.54, 1.807) is 0 Å². The molecule has 0 radical (unpaired) electrons. The molecule has 4 aliphatic carbocycles. The molecule has 2 N–H and O–H groups in total. The summed E-state index contributed by atoms with van der Waals surface area (Å²) in [7, 11) is 0. The van der Waals surface area contributed by atoms with E-state index in [-0.39, 0.29) is 22.7 Å². The molecule has 0 saturated heterocycles. The van der Waals surface area contributed by atoms with Crippen LogP contribution in [0.5, 0.6) is 0 Å². The zero-order chi connectivity index (χ0) is 19.1. The maximum Gasteiger partial charge on any atom is 0.237 e. The molecular weight excluding hydrogens is 336 g/mol. The summed E-state index contributed by atoms with van der Waals surface area (Å²) in [5.41, 5.74) is 0.280. The molecule has 4 rings (SSSR count). The lowest BCUT2D eigenvalue weighted by Crippen LogP contribution is -2.47. The zero-order valence-corrected chi connectivity index (χ0v) is 16.8. The van der Waals surface area contributed by atoms with Gasteiger partial charge in [-0.25, -0.2) is 20.3 Å². The summed E-state index contributed by atoms with van der Waals surface area (Å²) < 4.78 is 0. The highest BCUT2D eigenvalue weighted by Gasteiger charge is 2.75. The second-order valence-corrected chi connectivity index (χ2v) is 10.3. The standard InChI is InChI=1S/C20H34O6/c1-11(2)17-7-15(17)13(5)19(9-17,23-21)25-26-20(24-22)10-18(12(3)4)8-16(18)14(20)6/h11-16,21-22H,7-10H2,1-6H3/t13-,14-,15?,16?,17+,18+,19?,20?/m1/s1. The number of hydrogen-bond acceptors (Lipinski definition) is 6. The molecule has 4 aliphatic rings. The van der Waals surface area contributed by atoms with E-state index < -0.39 is 11.6 Å². The topological polar surface area (TPSA) is 77.4 Å². The average Bonchev–Trinajstić information content (AvgIpc) is 3.48. The molecule has 0 bridgehead atoms. The molecule has 0 aliphatic heterocycles. The molecule has 0 aromatic heterocycles. The van der Waals surface area contributed by atoms with Gasteiger partial charge in [-0.2, -0.15) is 9.78 Å². The summed E-state index contributed by atoms with van der Waals surface area (Å²) >= 11 is 0. The van der Waals surface area contributed by atoms with Crippen LogP contribution in [0.4, 0.5) is 0 Å². The predicted molar refractivity (Wildman–Crippen MR) is 93.4 cm³/mol. The van der Waals surface area contributed by atoms with E-state index in [2.05, 4.69) is 27.7 Å². The highest BCUT2D eigenvalue weighted by atomic mass is 17.3. The molecule has 4 unspecified atom stereocenters. The quantitative estimate of drug-likeness (QED) is 0.384. The van der Waals surface area contributed by atoms with Gasteiger partial charge < -0.3 is 0 Å². The van der Waals surface area contributed by atoms with Crippen LogP contribution in [0.2, 0.25) is 0 Å². The summed E-state index contributed by atoms with van der Waals surface area (Å²) in [6.07, 6.45) is 3.46. The van der Waals surface area contributed by atoms with Gasteiger partial charge in [-0.1, -0.05) is 41.5 Å². The maximum atomic E-state index is 9.71. The fraction of sp³-hybridized carbons (Fsp3) is 1.00. The van der Waals surface area contributed by atoms with E-state index in [9.17, 15) is 10.5 Å². The normalized spacial score (nSPS) is 54.7. The highest BCUT2D eigenvalue weighted by Crippen LogP contribution is 2.75. The van der Waals surface area contributed by atoms with E-state index in [4.69, 9.17) is 19.6 Å². The van der Waals surface area contributed by atoms with Gasteiger partial charge in [0.25, 0.3) is 0 Å². The third kappa shape index (κ3) is 2.20. The molecule has 4 fully saturated rings. The number of rotatable bonds is 7. The Bertz CT molecular complexity index is 531. The molecular formula is C20H34O6. The van der Waals surface area contributed by atoms with Gasteiger partial charge in [-0.05, 0) is 47.3 Å². The molecule has 8 atom stereocenters. The van der Waals surface area contributed by atoms with Gasteiger partial charge in [-0.15, -0.1) is 0 Å². The molecule has 0 amide bonds. The lowest BCUT2D eigenvalue weighted by atomic mass is 9.88. The Morgan fingerprint density at radius 2 is 1.08 bits per heavy atom. The third-order valence-electron chi connectivity index (χ3n) is 9.03. The maximum absolute atomic E-state index is 9.71. The fourth-order valence-electron chi connectivity index (χ4n) is 6.66. The van der Waals surface area contributed by atoms with Crippen LogP contribution in [0.25, 0.3) is 0 Å². The van der Waals surface area contributed by atoms with Gasteiger partial charge in [0.15, 0.2) is 0 Å². The average molecular weight is 370 g/mol. The third-order valence-corrected chi connectivity index (χ3v) is 9.03. The molecule has 6 nitrogen and oxygen atoms in total. The van der Waals surface area contributed by atoms with Gasteiger partial charge in [-0.3, -0.25) is 0 Å². The van der Waals surface area contributed by atoms with Gasteiger partial charge in [0, 0.05) is 24.7 Å². The Balaban J connectivity index is 1.51. The first-order chi connectivity index (χ1) is 12.1. The molecule has 26 heavy (non-hydrogen) atoms. The first kappa shape index (κ1) is 19.1. The minimum absolute atomic E-state index is 0.0101. The Hall–Kier alpha value is -0.240. The summed E-state index contributed by atoms with van der Waals surface area (Å²) in [5, 5.41) is 19.4. The fourth-order valence-corrected chi connectivity index (χ4v) is 6.66. The van der Waals surface area contributed by atoms with Crippen molar-refractivity contribution in [3.63, 3.8) is 0 Å². The smallest absolute Gasteiger partial charge is 0.237 e. The van der Waals surface area contributed by atoms with Crippen molar-refractivity contribution in [1.82, 2.24) is 0 Å². The monoisotopic (exact) mass is 370 g/mol. The largest absolute Gasteiger partial charge is 0.249 e. The highest BCUT2D eigenvalue weighted by molar-refractivity contribution is 5.18. The Morgan fingerprint density at radius 1 is 0.731 bits per heavy atom. The van der Waals surface area contributed by atoms with Crippen molar-refractivity contribution in [3.8, 4) is 0 Å². The first-order valence-corrected chi connectivity index (χ1v) is 10.1. The number of fused-ring (bicyclic) bond motifs is 2. The SMILES string of the molecule is CC(C)[C@@]12CC1[C@@H](C)C(OO)(OOC1(OO)C[C@]3(C(C)C)CC3[C@H]1C)C2. The second-order valence-electron chi connectivity index (χ2n) is 10.3. The van der Waals surface area contributed by atoms with Crippen LogP contribution in [0, 0.1) is 46.3 Å². The van der Waals surface area contributed by atoms with Gasteiger partial charge >= 0.3 is 0 Å². The summed E-state index contributed by atoms with van der Waals surface area (Å²) in [4.78, 5) is 21.4. The van der Waals surface area contributed by atoms with Crippen LogP contribution in [-0.2, 0) is 19.6 Å². The molecule has 0 spiro atoms. The Kier molecular flexibility index (Phi) is 4.15. The summed E-state index contributed by atoms with van der Waals surface area (Å²) in [6, 6.07) is 0. The van der Waals surface area contributed by atoms with Crippen molar-refractivity contribution in [2.75, 3.05) is 0 Å². The summed E-state index contributed by atoms with van der Waals surface area (Å²) in [5.74, 6) is -0.484. The Morgan fingerprint density at radius 3 is 1.31 bits per heavy atom. The lowest BCUT2D eigenvalue weighted by Gasteiger charge is -2.38. The second kappa shape index (κ2) is 5.65. The predicted octanol–water partition coefficient (Wildman–Crippen LogP) is 4.71. The van der Waals surface area contributed by atoms with E-state index in [1.165, 1.54) is 0 Å². The zero-order valence-electron chi connectivity index (χ0n) is 16.8.